The number of ether oxygens (including phenoxy) is 1. The molecule has 1 aromatic rings. The third-order valence-electron chi connectivity index (χ3n) is 3.17. The molecule has 1 aliphatic heterocycles. The summed E-state index contributed by atoms with van der Waals surface area (Å²) in [6.07, 6.45) is -0.108. The van der Waals surface area contributed by atoms with Crippen molar-refractivity contribution < 1.29 is 9.53 Å². The lowest BCUT2D eigenvalue weighted by molar-refractivity contribution is -0.128. The molecule has 1 amide bonds. The lowest BCUT2D eigenvalue weighted by Gasteiger charge is -2.25. The van der Waals surface area contributed by atoms with Gasteiger partial charge in [-0.15, -0.1) is 0 Å². The van der Waals surface area contributed by atoms with Gasteiger partial charge in [-0.05, 0) is 23.6 Å². The molecule has 1 aromatic carbocycles. The van der Waals surface area contributed by atoms with Crippen LogP contribution in [0.1, 0.15) is 25.6 Å². The Kier molecular flexibility index (Phi) is 5.40. The summed E-state index contributed by atoms with van der Waals surface area (Å²) in [7, 11) is 0. The van der Waals surface area contributed by atoms with E-state index in [1.807, 2.05) is 29.2 Å². The molecule has 0 saturated carbocycles. The summed E-state index contributed by atoms with van der Waals surface area (Å²) in [6.45, 7) is 6.45. The van der Waals surface area contributed by atoms with Crippen LogP contribution in [-0.4, -0.2) is 37.1 Å². The van der Waals surface area contributed by atoms with E-state index in [4.69, 9.17) is 16.3 Å². The Hall–Kier alpha value is -1.10. The third-order valence-corrected chi connectivity index (χ3v) is 3.41. The van der Waals surface area contributed by atoms with Crippen LogP contribution < -0.4 is 5.32 Å². The molecule has 1 unspecified atom stereocenters. The van der Waals surface area contributed by atoms with E-state index < -0.39 is 0 Å². The number of nitrogens with one attached hydrogen (secondary N) is 1. The van der Waals surface area contributed by atoms with E-state index in [0.717, 1.165) is 12.2 Å². The van der Waals surface area contributed by atoms with Crippen molar-refractivity contribution in [2.45, 2.75) is 20.0 Å². The number of nitrogens with zero attached hydrogens (tertiary/aromatic N) is 1. The molecule has 1 N–H and O–H groups in total. The van der Waals surface area contributed by atoms with E-state index in [1.54, 1.807) is 0 Å². The fraction of sp³-hybridized carbons (Fsp3) is 0.533. The number of carbonyl (C=O) groups excluding carboxylic acids is 1. The van der Waals surface area contributed by atoms with Crippen molar-refractivity contribution in [3.8, 4) is 0 Å². The van der Waals surface area contributed by atoms with Crippen molar-refractivity contribution in [2.75, 3.05) is 26.3 Å². The number of rotatable bonds is 6. The SMILES string of the molecule is CC(C)COCCN1C(=O)CNC1c1cccc(Cl)c1. The highest BCUT2D eigenvalue weighted by Gasteiger charge is 2.31. The van der Waals surface area contributed by atoms with E-state index in [9.17, 15) is 4.79 Å². The molecule has 20 heavy (non-hydrogen) atoms. The minimum absolute atomic E-state index is 0.100. The van der Waals surface area contributed by atoms with Crippen LogP contribution in [0.3, 0.4) is 0 Å². The quantitative estimate of drug-likeness (QED) is 0.820. The predicted octanol–water partition coefficient (Wildman–Crippen LogP) is 2.44. The zero-order valence-electron chi connectivity index (χ0n) is 11.9. The fourth-order valence-corrected chi connectivity index (χ4v) is 2.45. The summed E-state index contributed by atoms with van der Waals surface area (Å²) in [5.74, 6) is 0.606. The summed E-state index contributed by atoms with van der Waals surface area (Å²) in [5.41, 5.74) is 1.01. The Bertz CT molecular complexity index is 465. The minimum Gasteiger partial charge on any atom is -0.379 e. The number of hydrogen-bond donors (Lipinski definition) is 1. The largest absolute Gasteiger partial charge is 0.379 e. The first kappa shape index (κ1) is 15.3. The second-order valence-corrected chi connectivity index (χ2v) is 5.83. The average molecular weight is 297 g/mol. The van der Waals surface area contributed by atoms with Crippen molar-refractivity contribution in [1.82, 2.24) is 10.2 Å². The Labute approximate surface area is 125 Å². The molecule has 0 radical (unpaired) electrons. The zero-order chi connectivity index (χ0) is 14.5. The first-order valence-corrected chi connectivity index (χ1v) is 7.32. The van der Waals surface area contributed by atoms with Crippen LogP contribution in [0.2, 0.25) is 5.02 Å². The summed E-state index contributed by atoms with van der Waals surface area (Å²) in [5, 5.41) is 3.89. The molecule has 0 aromatic heterocycles. The Morgan fingerprint density at radius 3 is 3.00 bits per heavy atom. The molecule has 1 heterocycles. The Morgan fingerprint density at radius 1 is 1.50 bits per heavy atom. The maximum atomic E-state index is 11.9. The van der Waals surface area contributed by atoms with Crippen molar-refractivity contribution in [3.63, 3.8) is 0 Å². The highest BCUT2D eigenvalue weighted by atomic mass is 35.5. The molecule has 2 rings (SSSR count). The van der Waals surface area contributed by atoms with Crippen LogP contribution in [-0.2, 0) is 9.53 Å². The first-order valence-electron chi connectivity index (χ1n) is 6.94. The van der Waals surface area contributed by atoms with Crippen molar-refractivity contribution in [3.05, 3.63) is 34.9 Å². The standard InChI is InChI=1S/C15H21ClN2O2/c1-11(2)10-20-7-6-18-14(19)9-17-15(18)12-4-3-5-13(16)8-12/h3-5,8,11,15,17H,6-7,9-10H2,1-2H3. The van der Waals surface area contributed by atoms with Crippen LogP contribution in [0.25, 0.3) is 0 Å². The van der Waals surface area contributed by atoms with Crippen LogP contribution in [0.4, 0.5) is 0 Å². The molecule has 0 bridgehead atoms. The molecule has 5 heteroatoms. The number of halogens is 1. The lowest BCUT2D eigenvalue weighted by Crippen LogP contribution is -2.33. The first-order chi connectivity index (χ1) is 9.58. The molecule has 0 aliphatic carbocycles. The van der Waals surface area contributed by atoms with Gasteiger partial charge in [-0.2, -0.15) is 0 Å². The van der Waals surface area contributed by atoms with Crippen LogP contribution in [0.5, 0.6) is 0 Å². The van der Waals surface area contributed by atoms with Gasteiger partial charge < -0.3 is 9.64 Å². The van der Waals surface area contributed by atoms with Gasteiger partial charge in [0.15, 0.2) is 0 Å². The van der Waals surface area contributed by atoms with Crippen molar-refractivity contribution in [1.29, 1.82) is 0 Å². The monoisotopic (exact) mass is 296 g/mol. The van der Waals surface area contributed by atoms with Crippen LogP contribution in [0.15, 0.2) is 24.3 Å². The number of benzene rings is 1. The summed E-state index contributed by atoms with van der Waals surface area (Å²) >= 11 is 6.01. The predicted molar refractivity (Wildman–Crippen MR) is 79.6 cm³/mol. The molecule has 1 fully saturated rings. The third kappa shape index (κ3) is 3.95. The van der Waals surface area contributed by atoms with Gasteiger partial charge in [0.05, 0.1) is 13.2 Å². The molecule has 1 aliphatic rings. The Balaban J connectivity index is 1.96. The van der Waals surface area contributed by atoms with Gasteiger partial charge in [0.1, 0.15) is 6.17 Å². The molecule has 1 atom stereocenters. The maximum Gasteiger partial charge on any atom is 0.238 e. The maximum absolute atomic E-state index is 11.9. The molecule has 110 valence electrons. The fourth-order valence-electron chi connectivity index (χ4n) is 2.25. The second kappa shape index (κ2) is 7.07. The van der Waals surface area contributed by atoms with Gasteiger partial charge in [0.25, 0.3) is 0 Å². The van der Waals surface area contributed by atoms with Crippen LogP contribution >= 0.6 is 11.6 Å². The molecule has 4 nitrogen and oxygen atoms in total. The summed E-state index contributed by atoms with van der Waals surface area (Å²) in [4.78, 5) is 13.8. The van der Waals surface area contributed by atoms with E-state index in [1.165, 1.54) is 0 Å². The van der Waals surface area contributed by atoms with Gasteiger partial charge in [-0.25, -0.2) is 0 Å². The van der Waals surface area contributed by atoms with Gasteiger partial charge in [-0.3, -0.25) is 10.1 Å². The molecular weight excluding hydrogens is 276 g/mol. The van der Waals surface area contributed by atoms with Crippen molar-refractivity contribution in [2.24, 2.45) is 5.92 Å². The summed E-state index contributed by atoms with van der Waals surface area (Å²) < 4.78 is 5.57. The smallest absolute Gasteiger partial charge is 0.238 e. The summed E-state index contributed by atoms with van der Waals surface area (Å²) in [6, 6.07) is 7.59. The molecule has 1 saturated heterocycles. The topological polar surface area (TPSA) is 41.6 Å². The van der Waals surface area contributed by atoms with E-state index in [0.29, 0.717) is 30.6 Å². The molecular formula is C15H21ClN2O2. The van der Waals surface area contributed by atoms with Crippen molar-refractivity contribution >= 4 is 17.5 Å². The number of carbonyl (C=O) groups is 1. The zero-order valence-corrected chi connectivity index (χ0v) is 12.7. The molecule has 0 spiro atoms. The van der Waals surface area contributed by atoms with Gasteiger partial charge >= 0.3 is 0 Å². The minimum atomic E-state index is -0.108. The van der Waals surface area contributed by atoms with E-state index in [-0.39, 0.29) is 12.1 Å². The van der Waals surface area contributed by atoms with Crippen LogP contribution in [0, 0.1) is 5.92 Å². The van der Waals surface area contributed by atoms with Gasteiger partial charge in [0.2, 0.25) is 5.91 Å². The number of hydrogen-bond acceptors (Lipinski definition) is 3. The number of amides is 1. The second-order valence-electron chi connectivity index (χ2n) is 5.39. The Morgan fingerprint density at radius 2 is 2.30 bits per heavy atom. The highest BCUT2D eigenvalue weighted by molar-refractivity contribution is 6.30. The van der Waals surface area contributed by atoms with Gasteiger partial charge in [-0.1, -0.05) is 37.6 Å². The highest BCUT2D eigenvalue weighted by Crippen LogP contribution is 2.24. The van der Waals surface area contributed by atoms with E-state index in [2.05, 4.69) is 19.2 Å². The van der Waals surface area contributed by atoms with E-state index >= 15 is 0 Å². The average Bonchev–Trinajstić information content (AvgIpc) is 2.76. The lowest BCUT2D eigenvalue weighted by atomic mass is 10.1. The van der Waals surface area contributed by atoms with Gasteiger partial charge in [0, 0.05) is 18.2 Å². The normalized spacial score (nSPS) is 19.1.